The van der Waals surface area contributed by atoms with E-state index in [1.165, 1.54) is 0 Å². The van der Waals surface area contributed by atoms with E-state index in [9.17, 15) is 9.59 Å². The van der Waals surface area contributed by atoms with Crippen molar-refractivity contribution in [2.45, 2.75) is 6.42 Å². The average Bonchev–Trinajstić information content (AvgIpc) is 2.35. The molecule has 6 heteroatoms. The van der Waals surface area contributed by atoms with Crippen LogP contribution in [-0.2, 0) is 9.59 Å². The topological polar surface area (TPSA) is 102 Å². The highest BCUT2D eigenvalue weighted by Gasteiger charge is 2.02. The summed E-state index contributed by atoms with van der Waals surface area (Å²) < 4.78 is 0. The first-order valence-electron chi connectivity index (χ1n) is 5.34. The Morgan fingerprint density at radius 2 is 1.94 bits per heavy atom. The van der Waals surface area contributed by atoms with E-state index in [-0.39, 0.29) is 25.4 Å². The van der Waals surface area contributed by atoms with Gasteiger partial charge in [-0.05, 0) is 24.3 Å². The molecule has 0 saturated carbocycles. The van der Waals surface area contributed by atoms with Crippen LogP contribution >= 0.6 is 0 Å². The third-order valence-corrected chi connectivity index (χ3v) is 2.10. The zero-order valence-electron chi connectivity index (χ0n) is 9.64. The van der Waals surface area contributed by atoms with Crippen LogP contribution in [0.25, 0.3) is 0 Å². The molecule has 0 aliphatic rings. The van der Waals surface area contributed by atoms with E-state index in [1.807, 2.05) is 6.07 Å². The first-order valence-corrected chi connectivity index (χ1v) is 5.34. The van der Waals surface area contributed by atoms with E-state index in [4.69, 9.17) is 10.4 Å². The minimum absolute atomic E-state index is 0.0237. The second kappa shape index (κ2) is 7.04. The minimum Gasteiger partial charge on any atom is -0.481 e. The Kier molecular flexibility index (Phi) is 5.35. The molecule has 0 heterocycles. The van der Waals surface area contributed by atoms with Crippen molar-refractivity contribution in [3.05, 3.63) is 29.8 Å². The third kappa shape index (κ3) is 5.09. The molecule has 0 aliphatic carbocycles. The lowest BCUT2D eigenvalue weighted by Crippen LogP contribution is -2.29. The van der Waals surface area contributed by atoms with Gasteiger partial charge in [0.05, 0.1) is 24.6 Å². The summed E-state index contributed by atoms with van der Waals surface area (Å²) in [6.45, 7) is 0.295. The summed E-state index contributed by atoms with van der Waals surface area (Å²) in [5.41, 5.74) is 1.12. The third-order valence-electron chi connectivity index (χ3n) is 2.10. The number of rotatable bonds is 6. The monoisotopic (exact) mass is 247 g/mol. The number of carbonyl (C=O) groups is 2. The molecule has 0 spiro atoms. The Morgan fingerprint density at radius 1 is 1.28 bits per heavy atom. The fourth-order valence-corrected chi connectivity index (χ4v) is 1.23. The van der Waals surface area contributed by atoms with Gasteiger partial charge in [-0.25, -0.2) is 0 Å². The minimum atomic E-state index is -0.907. The predicted octanol–water partition coefficient (Wildman–Crippen LogP) is 0.561. The fourth-order valence-electron chi connectivity index (χ4n) is 1.23. The van der Waals surface area contributed by atoms with E-state index >= 15 is 0 Å². The van der Waals surface area contributed by atoms with Gasteiger partial charge in [-0.2, -0.15) is 5.26 Å². The van der Waals surface area contributed by atoms with Crippen molar-refractivity contribution >= 4 is 17.6 Å². The number of nitriles is 1. The quantitative estimate of drug-likeness (QED) is 0.637. The fraction of sp³-hybridized carbons (Fsp3) is 0.250. The van der Waals surface area contributed by atoms with E-state index in [2.05, 4.69) is 10.6 Å². The van der Waals surface area contributed by atoms with Gasteiger partial charge in [0, 0.05) is 12.2 Å². The number of carboxylic acids is 1. The molecule has 1 aromatic carbocycles. The summed E-state index contributed by atoms with van der Waals surface area (Å²) >= 11 is 0. The number of hydrogen-bond acceptors (Lipinski definition) is 4. The number of amides is 1. The maximum absolute atomic E-state index is 11.4. The van der Waals surface area contributed by atoms with Gasteiger partial charge < -0.3 is 15.7 Å². The van der Waals surface area contributed by atoms with Crippen LogP contribution < -0.4 is 10.6 Å². The Morgan fingerprint density at radius 3 is 2.50 bits per heavy atom. The number of benzene rings is 1. The van der Waals surface area contributed by atoms with Crippen molar-refractivity contribution in [2.75, 3.05) is 18.4 Å². The van der Waals surface area contributed by atoms with Crippen LogP contribution in [0.2, 0.25) is 0 Å². The van der Waals surface area contributed by atoms with E-state index in [1.54, 1.807) is 24.3 Å². The molecule has 0 radical (unpaired) electrons. The number of hydrogen-bond donors (Lipinski definition) is 3. The summed E-state index contributed by atoms with van der Waals surface area (Å²) in [5.74, 6) is -1.17. The van der Waals surface area contributed by atoms with Gasteiger partial charge >= 0.3 is 5.97 Å². The van der Waals surface area contributed by atoms with Gasteiger partial charge in [0.1, 0.15) is 0 Å². The van der Waals surface area contributed by atoms with Crippen molar-refractivity contribution in [2.24, 2.45) is 0 Å². The SMILES string of the molecule is N#Cc1ccc(NC(=O)CNCCC(=O)O)cc1. The summed E-state index contributed by atoms with van der Waals surface area (Å²) in [6, 6.07) is 8.45. The van der Waals surface area contributed by atoms with Gasteiger partial charge in [-0.1, -0.05) is 0 Å². The van der Waals surface area contributed by atoms with E-state index in [0.717, 1.165) is 0 Å². The number of anilines is 1. The molecule has 0 unspecified atom stereocenters. The van der Waals surface area contributed by atoms with Crippen LogP contribution in [0.3, 0.4) is 0 Å². The number of carboxylic acid groups (broad SMARTS) is 1. The summed E-state index contributed by atoms with van der Waals surface area (Å²) in [7, 11) is 0. The zero-order chi connectivity index (χ0) is 13.4. The predicted molar refractivity (Wildman–Crippen MR) is 64.9 cm³/mol. The van der Waals surface area contributed by atoms with E-state index < -0.39 is 5.97 Å². The van der Waals surface area contributed by atoms with Crippen molar-refractivity contribution in [1.82, 2.24) is 5.32 Å². The van der Waals surface area contributed by atoms with Crippen molar-refractivity contribution in [3.63, 3.8) is 0 Å². The largest absolute Gasteiger partial charge is 0.481 e. The highest BCUT2D eigenvalue weighted by Crippen LogP contribution is 2.08. The Hall–Kier alpha value is -2.39. The molecule has 0 fully saturated rings. The standard InChI is InChI=1S/C12H13N3O3/c13-7-9-1-3-10(4-2-9)15-11(16)8-14-6-5-12(17)18/h1-4,14H,5-6,8H2,(H,15,16)(H,17,18). The molecule has 94 valence electrons. The lowest BCUT2D eigenvalue weighted by molar-refractivity contribution is -0.137. The summed E-state index contributed by atoms with van der Waals surface area (Å²) in [5, 5.41) is 22.3. The van der Waals surface area contributed by atoms with Gasteiger partial charge in [-0.15, -0.1) is 0 Å². The molecule has 1 rings (SSSR count). The van der Waals surface area contributed by atoms with Crippen molar-refractivity contribution in [1.29, 1.82) is 5.26 Å². The Bertz CT molecular complexity index is 462. The van der Waals surface area contributed by atoms with Gasteiger partial charge in [-0.3, -0.25) is 9.59 Å². The van der Waals surface area contributed by atoms with Crippen LogP contribution in [0.15, 0.2) is 24.3 Å². The number of nitrogens with zero attached hydrogens (tertiary/aromatic N) is 1. The average molecular weight is 247 g/mol. The molecule has 3 N–H and O–H groups in total. The van der Waals surface area contributed by atoms with Crippen LogP contribution in [0.5, 0.6) is 0 Å². The van der Waals surface area contributed by atoms with Crippen molar-refractivity contribution < 1.29 is 14.7 Å². The highest BCUT2D eigenvalue weighted by atomic mass is 16.4. The van der Waals surface area contributed by atoms with Crippen LogP contribution in [0.4, 0.5) is 5.69 Å². The van der Waals surface area contributed by atoms with Crippen molar-refractivity contribution in [3.8, 4) is 6.07 Å². The van der Waals surface area contributed by atoms with Gasteiger partial charge in [0.25, 0.3) is 0 Å². The molecular weight excluding hydrogens is 234 g/mol. The van der Waals surface area contributed by atoms with Gasteiger partial charge in [0.15, 0.2) is 0 Å². The lowest BCUT2D eigenvalue weighted by atomic mass is 10.2. The highest BCUT2D eigenvalue weighted by molar-refractivity contribution is 5.92. The maximum Gasteiger partial charge on any atom is 0.304 e. The Balaban J connectivity index is 2.31. The molecule has 6 nitrogen and oxygen atoms in total. The molecule has 18 heavy (non-hydrogen) atoms. The van der Waals surface area contributed by atoms with Crippen LogP contribution in [0, 0.1) is 11.3 Å². The second-order valence-corrected chi connectivity index (χ2v) is 3.56. The van der Waals surface area contributed by atoms with E-state index in [0.29, 0.717) is 11.3 Å². The first-order chi connectivity index (χ1) is 8.61. The molecule has 1 amide bonds. The summed E-state index contributed by atoms with van der Waals surface area (Å²) in [6.07, 6.45) is -0.0237. The van der Waals surface area contributed by atoms with Crippen LogP contribution in [0.1, 0.15) is 12.0 Å². The smallest absolute Gasteiger partial charge is 0.304 e. The number of aliphatic carboxylic acids is 1. The molecule has 0 saturated heterocycles. The maximum atomic E-state index is 11.4. The normalized spacial score (nSPS) is 9.50. The molecule has 0 aromatic heterocycles. The Labute approximate surface area is 104 Å². The first kappa shape index (κ1) is 13.7. The molecular formula is C12H13N3O3. The zero-order valence-corrected chi connectivity index (χ0v) is 9.64. The lowest BCUT2D eigenvalue weighted by Gasteiger charge is -2.05. The van der Waals surface area contributed by atoms with Gasteiger partial charge in [0.2, 0.25) is 5.91 Å². The molecule has 0 atom stereocenters. The number of nitrogens with one attached hydrogen (secondary N) is 2. The number of carbonyl (C=O) groups excluding carboxylic acids is 1. The summed E-state index contributed by atoms with van der Waals surface area (Å²) in [4.78, 5) is 21.7. The molecule has 1 aromatic rings. The van der Waals surface area contributed by atoms with Crippen LogP contribution in [-0.4, -0.2) is 30.1 Å². The second-order valence-electron chi connectivity index (χ2n) is 3.56. The molecule has 0 bridgehead atoms. The molecule has 0 aliphatic heterocycles.